The van der Waals surface area contributed by atoms with Crippen LogP contribution in [0.2, 0.25) is 0 Å². The molecule has 1 saturated carbocycles. The molecule has 0 aromatic heterocycles. The third-order valence-electron chi connectivity index (χ3n) is 6.39. The summed E-state index contributed by atoms with van der Waals surface area (Å²) in [5.41, 5.74) is 0.546. The highest BCUT2D eigenvalue weighted by Gasteiger charge is 2.35. The van der Waals surface area contributed by atoms with Gasteiger partial charge in [0.25, 0.3) is 0 Å². The van der Waals surface area contributed by atoms with Crippen LogP contribution in [0.25, 0.3) is 0 Å². The van der Waals surface area contributed by atoms with Crippen molar-refractivity contribution >= 4 is 22.7 Å². The molecule has 2 aliphatic heterocycles. The van der Waals surface area contributed by atoms with Gasteiger partial charge in [0.1, 0.15) is 11.6 Å². The van der Waals surface area contributed by atoms with Gasteiger partial charge in [-0.25, -0.2) is 22.1 Å². The SMILES string of the molecule is CN(C(=O)NC1CCN(c2cc(F)cc(F)c2)CC1)C1CCN(S(=O)C2CC2)CC1. The minimum atomic E-state index is -0.851. The van der Waals surface area contributed by atoms with E-state index in [2.05, 4.69) is 9.62 Å². The highest BCUT2D eigenvalue weighted by atomic mass is 32.2. The van der Waals surface area contributed by atoms with Gasteiger partial charge in [-0.05, 0) is 50.7 Å². The van der Waals surface area contributed by atoms with Gasteiger partial charge in [-0.2, -0.15) is 0 Å². The van der Waals surface area contributed by atoms with E-state index in [0.29, 0.717) is 24.0 Å². The van der Waals surface area contributed by atoms with Crippen LogP contribution in [0.5, 0.6) is 0 Å². The fraction of sp³-hybridized carbons (Fsp3) is 0.667. The molecular formula is C21H30F2N4O2S. The second-order valence-corrected chi connectivity index (χ2v) is 10.3. The van der Waals surface area contributed by atoms with Crippen LogP contribution in [0.1, 0.15) is 38.5 Å². The van der Waals surface area contributed by atoms with Crippen molar-refractivity contribution in [1.82, 2.24) is 14.5 Å². The number of amides is 2. The molecule has 9 heteroatoms. The number of hydrogen-bond donors (Lipinski definition) is 1. The van der Waals surface area contributed by atoms with Gasteiger partial charge in [-0.15, -0.1) is 0 Å². The Morgan fingerprint density at radius 2 is 1.60 bits per heavy atom. The largest absolute Gasteiger partial charge is 0.371 e. The van der Waals surface area contributed by atoms with Crippen LogP contribution >= 0.6 is 0 Å². The lowest BCUT2D eigenvalue weighted by Gasteiger charge is -2.38. The summed E-state index contributed by atoms with van der Waals surface area (Å²) in [5.74, 6) is -1.15. The third kappa shape index (κ3) is 5.11. The average Bonchev–Trinajstić information content (AvgIpc) is 3.58. The van der Waals surface area contributed by atoms with E-state index in [9.17, 15) is 17.8 Å². The third-order valence-corrected chi connectivity index (χ3v) is 8.31. The van der Waals surface area contributed by atoms with Crippen LogP contribution in [0.15, 0.2) is 18.2 Å². The van der Waals surface area contributed by atoms with Crippen molar-refractivity contribution in [3.8, 4) is 0 Å². The Hall–Kier alpha value is -1.74. The molecule has 1 aliphatic carbocycles. The summed E-state index contributed by atoms with van der Waals surface area (Å²) in [6.45, 7) is 2.83. The molecule has 1 atom stereocenters. The fourth-order valence-corrected chi connectivity index (χ4v) is 5.87. The lowest BCUT2D eigenvalue weighted by Crippen LogP contribution is -2.53. The normalized spacial score (nSPS) is 22.7. The molecule has 2 saturated heterocycles. The maximum absolute atomic E-state index is 13.5. The van der Waals surface area contributed by atoms with Crippen LogP contribution in [0, 0.1) is 11.6 Å². The zero-order valence-electron chi connectivity index (χ0n) is 17.4. The molecule has 2 heterocycles. The first-order valence-corrected chi connectivity index (χ1v) is 12.0. The Morgan fingerprint density at radius 3 is 2.17 bits per heavy atom. The Morgan fingerprint density at radius 1 is 1.00 bits per heavy atom. The molecule has 1 aromatic carbocycles. The average molecular weight is 441 g/mol. The summed E-state index contributed by atoms with van der Waals surface area (Å²) < 4.78 is 41.3. The molecule has 3 fully saturated rings. The lowest BCUT2D eigenvalue weighted by molar-refractivity contribution is 0.160. The number of halogens is 2. The summed E-state index contributed by atoms with van der Waals surface area (Å²) in [6, 6.07) is 3.70. The number of anilines is 1. The number of benzene rings is 1. The van der Waals surface area contributed by atoms with Crippen LogP contribution < -0.4 is 10.2 Å². The molecule has 0 bridgehead atoms. The number of nitrogens with zero attached hydrogens (tertiary/aromatic N) is 3. The second-order valence-electron chi connectivity index (χ2n) is 8.59. The number of carbonyl (C=O) groups is 1. The number of hydrogen-bond acceptors (Lipinski definition) is 3. The number of carbonyl (C=O) groups excluding carboxylic acids is 1. The zero-order valence-corrected chi connectivity index (χ0v) is 18.2. The van der Waals surface area contributed by atoms with Crippen LogP contribution in [-0.4, -0.2) is 70.0 Å². The maximum atomic E-state index is 13.5. The van der Waals surface area contributed by atoms with Crippen molar-refractivity contribution in [3.63, 3.8) is 0 Å². The van der Waals surface area contributed by atoms with Crippen LogP contribution in [0.4, 0.5) is 19.3 Å². The molecule has 1 N–H and O–H groups in total. The highest BCUT2D eigenvalue weighted by molar-refractivity contribution is 7.83. The first kappa shape index (κ1) is 21.5. The zero-order chi connectivity index (χ0) is 21.3. The van der Waals surface area contributed by atoms with E-state index in [1.54, 1.807) is 4.90 Å². The smallest absolute Gasteiger partial charge is 0.317 e. The molecule has 2 amide bonds. The predicted octanol–water partition coefficient (Wildman–Crippen LogP) is 2.87. The van der Waals surface area contributed by atoms with E-state index in [4.69, 9.17) is 0 Å². The second kappa shape index (κ2) is 9.18. The molecule has 30 heavy (non-hydrogen) atoms. The molecule has 1 unspecified atom stereocenters. The molecule has 0 radical (unpaired) electrons. The van der Waals surface area contributed by atoms with E-state index in [1.807, 2.05) is 11.9 Å². The van der Waals surface area contributed by atoms with Crippen LogP contribution in [0.3, 0.4) is 0 Å². The molecule has 0 spiro atoms. The van der Waals surface area contributed by atoms with Crippen LogP contribution in [-0.2, 0) is 11.0 Å². The Labute approximate surface area is 179 Å². The van der Waals surface area contributed by atoms with Crippen molar-refractivity contribution < 1.29 is 17.8 Å². The summed E-state index contributed by atoms with van der Waals surface area (Å²) in [6.07, 6.45) is 5.29. The summed E-state index contributed by atoms with van der Waals surface area (Å²) in [5, 5.41) is 3.47. The Bertz CT molecular complexity index is 771. The fourth-order valence-electron chi connectivity index (χ4n) is 4.34. The Kier molecular flexibility index (Phi) is 6.57. The predicted molar refractivity (Wildman–Crippen MR) is 114 cm³/mol. The maximum Gasteiger partial charge on any atom is 0.317 e. The van der Waals surface area contributed by atoms with Gasteiger partial charge in [0.2, 0.25) is 0 Å². The molecule has 166 valence electrons. The quantitative estimate of drug-likeness (QED) is 0.766. The van der Waals surface area contributed by atoms with Gasteiger partial charge in [-0.3, -0.25) is 0 Å². The lowest BCUT2D eigenvalue weighted by atomic mass is 10.0. The van der Waals surface area contributed by atoms with E-state index < -0.39 is 22.6 Å². The number of nitrogens with one attached hydrogen (secondary N) is 1. The van der Waals surface area contributed by atoms with E-state index >= 15 is 0 Å². The van der Waals surface area contributed by atoms with Crippen molar-refractivity contribution in [2.45, 2.75) is 55.9 Å². The van der Waals surface area contributed by atoms with Crippen molar-refractivity contribution in [2.75, 3.05) is 38.1 Å². The summed E-state index contributed by atoms with van der Waals surface area (Å²) >= 11 is 0. The monoisotopic (exact) mass is 440 g/mol. The first-order valence-electron chi connectivity index (χ1n) is 10.8. The minimum Gasteiger partial charge on any atom is -0.371 e. The molecule has 4 rings (SSSR count). The van der Waals surface area contributed by atoms with Crippen molar-refractivity contribution in [2.24, 2.45) is 0 Å². The van der Waals surface area contributed by atoms with Crippen molar-refractivity contribution in [3.05, 3.63) is 29.8 Å². The molecular weight excluding hydrogens is 410 g/mol. The number of rotatable bonds is 5. The number of piperidine rings is 2. The number of urea groups is 1. The van der Waals surface area contributed by atoms with Gasteiger partial charge in [0.15, 0.2) is 0 Å². The van der Waals surface area contributed by atoms with Crippen molar-refractivity contribution in [1.29, 1.82) is 0 Å². The molecule has 6 nitrogen and oxygen atoms in total. The van der Waals surface area contributed by atoms with Gasteiger partial charge >= 0.3 is 6.03 Å². The summed E-state index contributed by atoms with van der Waals surface area (Å²) in [7, 11) is 0.980. The molecule has 3 aliphatic rings. The summed E-state index contributed by atoms with van der Waals surface area (Å²) in [4.78, 5) is 16.4. The van der Waals surface area contributed by atoms with Gasteiger partial charge in [-0.1, -0.05) is 0 Å². The standard InChI is InChI=1S/C21H30F2N4O2S/c1-25(18-6-10-27(11-7-18)30(29)20-2-3-20)21(28)24-17-4-8-26(9-5-17)19-13-15(22)12-16(23)14-19/h12-14,17-18,20H,2-11H2,1H3,(H,24,28). The van der Waals surface area contributed by atoms with Gasteiger partial charge in [0.05, 0.1) is 11.0 Å². The van der Waals surface area contributed by atoms with E-state index in [-0.39, 0.29) is 18.1 Å². The Balaban J connectivity index is 1.22. The topological polar surface area (TPSA) is 55.9 Å². The molecule has 1 aromatic rings. The van der Waals surface area contributed by atoms with E-state index in [1.165, 1.54) is 12.1 Å². The van der Waals surface area contributed by atoms with Gasteiger partial charge in [0, 0.05) is 62.3 Å². The minimum absolute atomic E-state index is 0.0528. The first-order chi connectivity index (χ1) is 14.4. The highest BCUT2D eigenvalue weighted by Crippen LogP contribution is 2.30. The van der Waals surface area contributed by atoms with Gasteiger partial charge < -0.3 is 15.1 Å². The van der Waals surface area contributed by atoms with E-state index in [0.717, 1.165) is 57.7 Å².